The lowest BCUT2D eigenvalue weighted by Gasteiger charge is -2.13. The summed E-state index contributed by atoms with van der Waals surface area (Å²) in [5.41, 5.74) is 3.14. The van der Waals surface area contributed by atoms with Crippen LogP contribution in [0.15, 0.2) is 127 Å². The van der Waals surface area contributed by atoms with Crippen LogP contribution in [0.25, 0.3) is 0 Å². The minimum atomic E-state index is -1.10. The second kappa shape index (κ2) is 13.6. The van der Waals surface area contributed by atoms with Gasteiger partial charge in [-0.3, -0.25) is 9.59 Å². The number of para-hydroxylation sites is 2. The van der Waals surface area contributed by atoms with Crippen LogP contribution in [0.2, 0.25) is 0 Å². The van der Waals surface area contributed by atoms with E-state index in [1.807, 2.05) is 42.5 Å². The average Bonchev–Trinajstić information content (AvgIpc) is 3.03. The van der Waals surface area contributed by atoms with Crippen molar-refractivity contribution in [2.45, 2.75) is 13.0 Å². The number of amides is 2. The van der Waals surface area contributed by atoms with Gasteiger partial charge in [-0.2, -0.15) is 0 Å². The van der Waals surface area contributed by atoms with Crippen LogP contribution >= 0.6 is 0 Å². The first kappa shape index (κ1) is 28.6. The smallest absolute Gasteiger partial charge is 0.337 e. The summed E-state index contributed by atoms with van der Waals surface area (Å²) in [6, 6.07) is 37.1. The van der Waals surface area contributed by atoms with Crippen molar-refractivity contribution in [3.8, 4) is 17.2 Å². The molecule has 8 heteroatoms. The summed E-state index contributed by atoms with van der Waals surface area (Å²) in [5, 5.41) is 14.9. The molecule has 0 aliphatic heterocycles. The Labute approximate surface area is 248 Å². The Bertz CT molecular complexity index is 1720. The maximum Gasteiger partial charge on any atom is 0.337 e. The topological polar surface area (TPSA) is 114 Å². The highest BCUT2D eigenvalue weighted by Gasteiger charge is 2.13. The third-order valence-electron chi connectivity index (χ3n) is 6.47. The average molecular weight is 573 g/mol. The first-order valence-electron chi connectivity index (χ1n) is 13.5. The Kier molecular flexibility index (Phi) is 9.09. The van der Waals surface area contributed by atoms with Gasteiger partial charge in [0.15, 0.2) is 0 Å². The molecule has 0 saturated heterocycles. The zero-order valence-electron chi connectivity index (χ0n) is 23.0. The molecule has 0 unspecified atom stereocenters. The number of carbonyl (C=O) groups excluding carboxylic acids is 2. The third kappa shape index (κ3) is 7.86. The van der Waals surface area contributed by atoms with Crippen molar-refractivity contribution in [3.05, 3.63) is 150 Å². The number of rotatable bonds is 11. The zero-order valence-corrected chi connectivity index (χ0v) is 23.0. The number of hydrogen-bond acceptors (Lipinski definition) is 5. The van der Waals surface area contributed by atoms with Crippen LogP contribution in [-0.4, -0.2) is 22.9 Å². The highest BCUT2D eigenvalue weighted by atomic mass is 16.5. The Hall–Kier alpha value is -5.89. The predicted molar refractivity (Wildman–Crippen MR) is 164 cm³/mol. The molecule has 214 valence electrons. The molecule has 3 N–H and O–H groups in total. The highest BCUT2D eigenvalue weighted by molar-refractivity contribution is 6.04. The van der Waals surface area contributed by atoms with Crippen LogP contribution in [0.4, 0.5) is 11.4 Å². The summed E-state index contributed by atoms with van der Waals surface area (Å²) < 4.78 is 11.9. The molecule has 8 nitrogen and oxygen atoms in total. The Balaban J connectivity index is 1.13. The molecule has 5 aromatic carbocycles. The molecule has 0 saturated carbocycles. The molecule has 2 amide bonds. The minimum absolute atomic E-state index is 0.0353. The van der Waals surface area contributed by atoms with E-state index in [1.54, 1.807) is 78.9 Å². The van der Waals surface area contributed by atoms with Gasteiger partial charge in [0.25, 0.3) is 5.91 Å². The number of benzene rings is 5. The molecule has 0 aliphatic carbocycles. The highest BCUT2D eigenvalue weighted by Crippen LogP contribution is 2.26. The fourth-order valence-electron chi connectivity index (χ4n) is 4.29. The molecule has 0 aliphatic rings. The molecule has 0 fully saturated rings. The predicted octanol–water partition coefficient (Wildman–Crippen LogP) is 7.19. The van der Waals surface area contributed by atoms with Gasteiger partial charge in [-0.15, -0.1) is 0 Å². The standard InChI is InChI=1S/C35H28N2O6/c38-33(36-32-13-7-5-11-30(32)35(40)41)22-24-14-16-28(17-15-24)43-29-20-18-27(19-21-29)42-23-26-10-4-6-12-31(26)37-34(39)25-8-2-1-3-9-25/h1-21H,22-23H2,(H,36,38)(H,37,39)(H,40,41). The number of anilines is 2. The van der Waals surface area contributed by atoms with E-state index in [9.17, 15) is 19.5 Å². The van der Waals surface area contributed by atoms with E-state index in [-0.39, 0.29) is 36.1 Å². The maximum absolute atomic E-state index is 12.6. The van der Waals surface area contributed by atoms with E-state index < -0.39 is 5.97 Å². The summed E-state index contributed by atoms with van der Waals surface area (Å²) in [5.74, 6) is 0.233. The lowest BCUT2D eigenvalue weighted by atomic mass is 10.1. The lowest BCUT2D eigenvalue weighted by Crippen LogP contribution is -2.16. The lowest BCUT2D eigenvalue weighted by molar-refractivity contribution is -0.115. The number of aromatic carboxylic acids is 1. The fraction of sp³-hybridized carbons (Fsp3) is 0.0571. The molecular formula is C35H28N2O6. The van der Waals surface area contributed by atoms with Crippen LogP contribution in [0, 0.1) is 0 Å². The molecule has 0 bridgehead atoms. The molecule has 0 radical (unpaired) electrons. The largest absolute Gasteiger partial charge is 0.489 e. The van der Waals surface area contributed by atoms with Crippen molar-refractivity contribution in [1.82, 2.24) is 0 Å². The Morgan fingerprint density at radius 2 is 1.19 bits per heavy atom. The number of nitrogens with one attached hydrogen (secondary N) is 2. The number of ether oxygens (including phenoxy) is 2. The minimum Gasteiger partial charge on any atom is -0.489 e. The van der Waals surface area contributed by atoms with Crippen LogP contribution in [0.3, 0.4) is 0 Å². The van der Waals surface area contributed by atoms with Crippen molar-refractivity contribution in [2.75, 3.05) is 10.6 Å². The molecule has 5 aromatic rings. The van der Waals surface area contributed by atoms with Crippen molar-refractivity contribution in [1.29, 1.82) is 0 Å². The monoisotopic (exact) mass is 572 g/mol. The molecule has 5 rings (SSSR count). The van der Waals surface area contributed by atoms with Gasteiger partial charge >= 0.3 is 5.97 Å². The van der Waals surface area contributed by atoms with Crippen LogP contribution in [0.5, 0.6) is 17.2 Å². The van der Waals surface area contributed by atoms with Crippen LogP contribution < -0.4 is 20.1 Å². The van der Waals surface area contributed by atoms with E-state index in [0.717, 1.165) is 11.1 Å². The van der Waals surface area contributed by atoms with E-state index >= 15 is 0 Å². The summed E-state index contributed by atoms with van der Waals surface area (Å²) in [6.45, 7) is 0.266. The SMILES string of the molecule is O=C(Cc1ccc(Oc2ccc(OCc3ccccc3NC(=O)c3ccccc3)cc2)cc1)Nc1ccccc1C(=O)O. The molecule has 0 atom stereocenters. The second-order valence-corrected chi connectivity index (χ2v) is 9.56. The fourth-order valence-corrected chi connectivity index (χ4v) is 4.29. The van der Waals surface area contributed by atoms with Gasteiger partial charge in [0.2, 0.25) is 5.91 Å². The molecule has 43 heavy (non-hydrogen) atoms. The van der Waals surface area contributed by atoms with Gasteiger partial charge < -0.3 is 25.2 Å². The van der Waals surface area contributed by atoms with Gasteiger partial charge in [-0.25, -0.2) is 4.79 Å². The van der Waals surface area contributed by atoms with Gasteiger partial charge in [0, 0.05) is 16.8 Å². The van der Waals surface area contributed by atoms with Gasteiger partial charge in [-0.05, 0) is 72.3 Å². The van der Waals surface area contributed by atoms with E-state index in [2.05, 4.69) is 10.6 Å². The summed E-state index contributed by atoms with van der Waals surface area (Å²) >= 11 is 0. The third-order valence-corrected chi connectivity index (χ3v) is 6.47. The summed E-state index contributed by atoms with van der Waals surface area (Å²) in [7, 11) is 0. The van der Waals surface area contributed by atoms with Crippen molar-refractivity contribution >= 4 is 29.2 Å². The number of carboxylic acid groups (broad SMARTS) is 1. The number of carboxylic acids is 1. The molecular weight excluding hydrogens is 544 g/mol. The molecule has 0 heterocycles. The van der Waals surface area contributed by atoms with E-state index in [4.69, 9.17) is 9.47 Å². The summed E-state index contributed by atoms with van der Waals surface area (Å²) in [4.78, 5) is 36.4. The Morgan fingerprint density at radius 3 is 1.88 bits per heavy atom. The molecule has 0 spiro atoms. The maximum atomic E-state index is 12.6. The van der Waals surface area contributed by atoms with Crippen molar-refractivity contribution in [3.63, 3.8) is 0 Å². The number of hydrogen-bond donors (Lipinski definition) is 3. The normalized spacial score (nSPS) is 10.4. The first-order valence-corrected chi connectivity index (χ1v) is 13.5. The van der Waals surface area contributed by atoms with Crippen molar-refractivity contribution < 1.29 is 29.0 Å². The zero-order chi connectivity index (χ0) is 30.0. The Morgan fingerprint density at radius 1 is 0.605 bits per heavy atom. The van der Waals surface area contributed by atoms with E-state index in [0.29, 0.717) is 28.5 Å². The van der Waals surface area contributed by atoms with Crippen LogP contribution in [-0.2, 0) is 17.8 Å². The second-order valence-electron chi connectivity index (χ2n) is 9.56. The number of carbonyl (C=O) groups is 3. The van der Waals surface area contributed by atoms with Crippen LogP contribution in [0.1, 0.15) is 31.8 Å². The van der Waals surface area contributed by atoms with Gasteiger partial charge in [-0.1, -0.05) is 60.7 Å². The van der Waals surface area contributed by atoms with Crippen molar-refractivity contribution in [2.24, 2.45) is 0 Å². The quantitative estimate of drug-likeness (QED) is 0.154. The first-order chi connectivity index (χ1) is 20.9. The summed E-state index contributed by atoms with van der Waals surface area (Å²) in [6.07, 6.45) is 0.0827. The van der Waals surface area contributed by atoms with Gasteiger partial charge in [0.05, 0.1) is 17.7 Å². The molecule has 0 aromatic heterocycles. The van der Waals surface area contributed by atoms with Gasteiger partial charge in [0.1, 0.15) is 23.9 Å². The van der Waals surface area contributed by atoms with E-state index in [1.165, 1.54) is 6.07 Å².